The molecule has 1 aliphatic heterocycles. The van der Waals surface area contributed by atoms with Gasteiger partial charge in [-0.3, -0.25) is 4.90 Å². The molecule has 0 aliphatic carbocycles. The number of aliphatic hydroxyl groups is 1. The zero-order valence-electron chi connectivity index (χ0n) is 9.57. The van der Waals surface area contributed by atoms with Gasteiger partial charge in [0.2, 0.25) is 0 Å². The van der Waals surface area contributed by atoms with Crippen LogP contribution in [0.25, 0.3) is 0 Å². The van der Waals surface area contributed by atoms with Gasteiger partial charge >= 0.3 is 0 Å². The van der Waals surface area contributed by atoms with Crippen LogP contribution in [0.3, 0.4) is 0 Å². The second-order valence-electron chi connectivity index (χ2n) is 4.39. The molecular weight excluding hydrogens is 178 g/mol. The number of ether oxygens (including phenoxy) is 1. The Morgan fingerprint density at radius 3 is 2.79 bits per heavy atom. The van der Waals surface area contributed by atoms with Crippen LogP contribution in [-0.4, -0.2) is 48.5 Å². The van der Waals surface area contributed by atoms with Gasteiger partial charge in [-0.1, -0.05) is 13.8 Å². The van der Waals surface area contributed by atoms with Gasteiger partial charge in [0.25, 0.3) is 0 Å². The van der Waals surface area contributed by atoms with E-state index in [1.54, 1.807) is 0 Å². The lowest BCUT2D eigenvalue weighted by Gasteiger charge is -2.26. The molecule has 14 heavy (non-hydrogen) atoms. The van der Waals surface area contributed by atoms with Gasteiger partial charge in [0.15, 0.2) is 0 Å². The predicted molar refractivity (Wildman–Crippen MR) is 57.3 cm³/mol. The summed E-state index contributed by atoms with van der Waals surface area (Å²) in [6.07, 6.45) is 0.785. The number of aliphatic hydroxyl groups excluding tert-OH is 1. The highest BCUT2D eigenvalue weighted by atomic mass is 16.5. The SMILES string of the molecule is CCOCCN1C[C@H](O)C[C@@H]1C(C)C. The van der Waals surface area contributed by atoms with Gasteiger partial charge in [0, 0.05) is 25.7 Å². The standard InChI is InChI=1S/C11H23NO2/c1-4-14-6-5-12-8-10(13)7-11(12)9(2)3/h9-11,13H,4-8H2,1-3H3/t10-,11-/m1/s1. The van der Waals surface area contributed by atoms with Gasteiger partial charge in [-0.15, -0.1) is 0 Å². The summed E-state index contributed by atoms with van der Waals surface area (Å²) in [5, 5.41) is 9.59. The largest absolute Gasteiger partial charge is 0.392 e. The van der Waals surface area contributed by atoms with Crippen molar-refractivity contribution in [2.45, 2.75) is 39.3 Å². The van der Waals surface area contributed by atoms with Crippen molar-refractivity contribution >= 4 is 0 Å². The van der Waals surface area contributed by atoms with E-state index in [1.165, 1.54) is 0 Å². The Hall–Kier alpha value is -0.120. The van der Waals surface area contributed by atoms with Crippen molar-refractivity contribution in [1.29, 1.82) is 0 Å². The number of hydrogen-bond acceptors (Lipinski definition) is 3. The van der Waals surface area contributed by atoms with E-state index in [9.17, 15) is 5.11 Å². The molecule has 0 radical (unpaired) electrons. The first kappa shape index (κ1) is 12.0. The molecule has 0 spiro atoms. The molecule has 1 rings (SSSR count). The molecule has 3 nitrogen and oxygen atoms in total. The maximum Gasteiger partial charge on any atom is 0.0682 e. The van der Waals surface area contributed by atoms with Crippen LogP contribution in [0.1, 0.15) is 27.2 Å². The monoisotopic (exact) mass is 201 g/mol. The average molecular weight is 201 g/mol. The van der Waals surface area contributed by atoms with Crippen LogP contribution >= 0.6 is 0 Å². The molecule has 84 valence electrons. The molecule has 0 saturated carbocycles. The summed E-state index contributed by atoms with van der Waals surface area (Å²) in [7, 11) is 0. The molecule has 0 unspecified atom stereocenters. The molecule has 0 aromatic heterocycles. The summed E-state index contributed by atoms with van der Waals surface area (Å²) in [5.41, 5.74) is 0. The van der Waals surface area contributed by atoms with E-state index in [-0.39, 0.29) is 6.10 Å². The van der Waals surface area contributed by atoms with Crippen LogP contribution in [-0.2, 0) is 4.74 Å². The minimum absolute atomic E-state index is 0.135. The van der Waals surface area contributed by atoms with Gasteiger partial charge in [-0.25, -0.2) is 0 Å². The number of likely N-dealkylation sites (tertiary alicyclic amines) is 1. The normalized spacial score (nSPS) is 28.9. The highest BCUT2D eigenvalue weighted by Crippen LogP contribution is 2.23. The average Bonchev–Trinajstić information content (AvgIpc) is 2.47. The molecule has 0 aromatic carbocycles. The van der Waals surface area contributed by atoms with E-state index in [4.69, 9.17) is 4.74 Å². The third-order valence-corrected chi connectivity index (χ3v) is 2.92. The molecule has 1 fully saturated rings. The fraction of sp³-hybridized carbons (Fsp3) is 1.00. The summed E-state index contributed by atoms with van der Waals surface area (Å²) >= 11 is 0. The lowest BCUT2D eigenvalue weighted by Crippen LogP contribution is -2.36. The smallest absolute Gasteiger partial charge is 0.0682 e. The predicted octanol–water partition coefficient (Wildman–Crippen LogP) is 1.11. The Kier molecular flexibility index (Phi) is 4.85. The Morgan fingerprint density at radius 2 is 2.21 bits per heavy atom. The Morgan fingerprint density at radius 1 is 1.50 bits per heavy atom. The molecule has 1 aliphatic rings. The minimum atomic E-state index is -0.135. The number of nitrogens with zero attached hydrogens (tertiary/aromatic N) is 1. The summed E-state index contributed by atoms with van der Waals surface area (Å²) in [4.78, 5) is 2.35. The van der Waals surface area contributed by atoms with Crippen molar-refractivity contribution in [3.63, 3.8) is 0 Å². The van der Waals surface area contributed by atoms with E-state index in [0.29, 0.717) is 12.0 Å². The Labute approximate surface area is 87.1 Å². The zero-order chi connectivity index (χ0) is 10.6. The van der Waals surface area contributed by atoms with Gasteiger partial charge in [-0.05, 0) is 19.3 Å². The van der Waals surface area contributed by atoms with Crippen molar-refractivity contribution in [2.75, 3.05) is 26.3 Å². The van der Waals surface area contributed by atoms with Crippen molar-refractivity contribution in [3.05, 3.63) is 0 Å². The van der Waals surface area contributed by atoms with Gasteiger partial charge in [0.1, 0.15) is 0 Å². The van der Waals surface area contributed by atoms with Crippen LogP contribution in [0.15, 0.2) is 0 Å². The van der Waals surface area contributed by atoms with Gasteiger partial charge in [-0.2, -0.15) is 0 Å². The van der Waals surface area contributed by atoms with Crippen molar-refractivity contribution in [3.8, 4) is 0 Å². The highest BCUT2D eigenvalue weighted by molar-refractivity contribution is 4.86. The number of hydrogen-bond donors (Lipinski definition) is 1. The zero-order valence-corrected chi connectivity index (χ0v) is 9.57. The summed E-state index contributed by atoms with van der Waals surface area (Å²) in [6.45, 7) is 9.78. The maximum absolute atomic E-state index is 9.59. The molecule has 0 amide bonds. The topological polar surface area (TPSA) is 32.7 Å². The summed E-state index contributed by atoms with van der Waals surface area (Å²) < 4.78 is 5.34. The quantitative estimate of drug-likeness (QED) is 0.676. The van der Waals surface area contributed by atoms with Crippen LogP contribution in [0.2, 0.25) is 0 Å². The van der Waals surface area contributed by atoms with Crippen LogP contribution in [0, 0.1) is 5.92 Å². The molecule has 1 saturated heterocycles. The molecule has 1 heterocycles. The molecule has 1 N–H and O–H groups in total. The Balaban J connectivity index is 2.33. The molecule has 0 aromatic rings. The molecular formula is C11H23NO2. The second kappa shape index (κ2) is 5.69. The maximum atomic E-state index is 9.59. The number of rotatable bonds is 5. The van der Waals surface area contributed by atoms with Crippen LogP contribution in [0.4, 0.5) is 0 Å². The van der Waals surface area contributed by atoms with Crippen molar-refractivity contribution in [1.82, 2.24) is 4.90 Å². The highest BCUT2D eigenvalue weighted by Gasteiger charge is 2.32. The van der Waals surface area contributed by atoms with Gasteiger partial charge < -0.3 is 9.84 Å². The van der Waals surface area contributed by atoms with E-state index in [1.807, 2.05) is 6.92 Å². The van der Waals surface area contributed by atoms with E-state index in [2.05, 4.69) is 18.7 Å². The first-order valence-electron chi connectivity index (χ1n) is 5.65. The first-order chi connectivity index (χ1) is 6.65. The molecule has 2 atom stereocenters. The fourth-order valence-corrected chi connectivity index (χ4v) is 2.19. The third kappa shape index (κ3) is 3.23. The first-order valence-corrected chi connectivity index (χ1v) is 5.65. The summed E-state index contributed by atoms with van der Waals surface area (Å²) in [6, 6.07) is 0.533. The van der Waals surface area contributed by atoms with E-state index >= 15 is 0 Å². The minimum Gasteiger partial charge on any atom is -0.392 e. The molecule has 3 heteroatoms. The van der Waals surface area contributed by atoms with Crippen LogP contribution < -0.4 is 0 Å². The van der Waals surface area contributed by atoms with Gasteiger partial charge in [0.05, 0.1) is 12.7 Å². The third-order valence-electron chi connectivity index (χ3n) is 2.92. The second-order valence-corrected chi connectivity index (χ2v) is 4.39. The van der Waals surface area contributed by atoms with Crippen LogP contribution in [0.5, 0.6) is 0 Å². The van der Waals surface area contributed by atoms with Crippen molar-refractivity contribution < 1.29 is 9.84 Å². The fourth-order valence-electron chi connectivity index (χ4n) is 2.19. The Bertz CT molecular complexity index is 161. The lowest BCUT2D eigenvalue weighted by atomic mass is 10.0. The molecule has 0 bridgehead atoms. The number of β-amino-alcohol motifs (C(OH)–C–C–N with tert-alkyl or cyclic N) is 1. The van der Waals surface area contributed by atoms with E-state index < -0.39 is 0 Å². The lowest BCUT2D eigenvalue weighted by molar-refractivity contribution is 0.0955. The van der Waals surface area contributed by atoms with E-state index in [0.717, 1.165) is 32.7 Å². The summed E-state index contributed by atoms with van der Waals surface area (Å²) in [5.74, 6) is 0.619. The van der Waals surface area contributed by atoms with Crippen molar-refractivity contribution in [2.24, 2.45) is 5.92 Å².